The van der Waals surface area contributed by atoms with Crippen LogP contribution < -0.4 is 5.56 Å². The molecule has 0 saturated carbocycles. The number of hydrogen-bond donors (Lipinski definition) is 0. The highest BCUT2D eigenvalue weighted by Crippen LogP contribution is 2.22. The molecule has 0 atom stereocenters. The number of ketones is 1. The summed E-state index contributed by atoms with van der Waals surface area (Å²) in [5, 5.41) is 9.77. The molecule has 0 aliphatic rings. The van der Waals surface area contributed by atoms with Gasteiger partial charge < -0.3 is 4.74 Å². The Bertz CT molecular complexity index is 1280. The number of aryl methyl sites for hydroxylation is 2. The van der Waals surface area contributed by atoms with Crippen molar-refractivity contribution < 1.29 is 9.53 Å². The molecule has 2 heterocycles. The van der Waals surface area contributed by atoms with Crippen molar-refractivity contribution in [3.63, 3.8) is 0 Å². The van der Waals surface area contributed by atoms with Gasteiger partial charge in [-0.05, 0) is 30.5 Å². The first kappa shape index (κ1) is 21.3. The number of aromatic nitrogens is 4. The zero-order valence-corrected chi connectivity index (χ0v) is 18.4. The van der Waals surface area contributed by atoms with E-state index in [2.05, 4.69) is 17.1 Å². The predicted octanol–water partition coefficient (Wildman–Crippen LogP) is 3.62. The molecule has 0 spiro atoms. The highest BCUT2D eigenvalue weighted by molar-refractivity contribution is 7.99. The number of carbonyl (C=O) groups excluding carboxylic acids is 1. The Morgan fingerprint density at radius 2 is 1.87 bits per heavy atom. The van der Waals surface area contributed by atoms with Gasteiger partial charge in [-0.3, -0.25) is 18.6 Å². The van der Waals surface area contributed by atoms with Crippen LogP contribution in [0.2, 0.25) is 0 Å². The molecule has 2 aromatic carbocycles. The Hall–Kier alpha value is -2.97. The molecule has 0 fully saturated rings. The lowest BCUT2D eigenvalue weighted by Gasteiger charge is -2.11. The summed E-state index contributed by atoms with van der Waals surface area (Å²) >= 11 is 1.33. The first-order valence-corrected chi connectivity index (χ1v) is 11.2. The number of benzene rings is 2. The number of fused-ring (bicyclic) bond motifs is 3. The first-order valence-electron chi connectivity index (χ1n) is 10.2. The van der Waals surface area contributed by atoms with E-state index in [1.54, 1.807) is 17.7 Å². The van der Waals surface area contributed by atoms with E-state index in [4.69, 9.17) is 4.74 Å². The molecule has 7 nitrogen and oxygen atoms in total. The summed E-state index contributed by atoms with van der Waals surface area (Å²) in [6.07, 6.45) is 1.63. The zero-order valence-electron chi connectivity index (χ0n) is 17.6. The van der Waals surface area contributed by atoms with Gasteiger partial charge in [0.25, 0.3) is 5.56 Å². The Kier molecular flexibility index (Phi) is 6.48. The maximum atomic E-state index is 13.0. The summed E-state index contributed by atoms with van der Waals surface area (Å²) in [6.45, 7) is 3.11. The van der Waals surface area contributed by atoms with Crippen molar-refractivity contribution in [3.05, 3.63) is 70.0 Å². The minimum Gasteiger partial charge on any atom is -0.385 e. The Morgan fingerprint density at radius 1 is 1.10 bits per heavy atom. The maximum absolute atomic E-state index is 13.0. The lowest BCUT2D eigenvalue weighted by atomic mass is 10.1. The normalized spacial score (nSPS) is 11.4. The molecule has 0 bridgehead atoms. The number of ether oxygens (including phenoxy) is 1. The molecule has 0 unspecified atom stereocenters. The Balaban J connectivity index is 1.68. The molecular weight excluding hydrogens is 412 g/mol. The average Bonchev–Trinajstić information content (AvgIpc) is 3.23. The van der Waals surface area contributed by atoms with Gasteiger partial charge in [0, 0.05) is 25.8 Å². The van der Waals surface area contributed by atoms with Crippen LogP contribution in [0.1, 0.15) is 29.3 Å². The fourth-order valence-corrected chi connectivity index (χ4v) is 4.37. The second-order valence-corrected chi connectivity index (χ2v) is 8.14. The second kappa shape index (κ2) is 9.45. The van der Waals surface area contributed by atoms with E-state index in [1.165, 1.54) is 17.3 Å². The number of Topliss-reactive ketones (excluding diaryl/α,β-unsaturated/α-hetero) is 1. The summed E-state index contributed by atoms with van der Waals surface area (Å²) in [4.78, 5) is 25.7. The van der Waals surface area contributed by atoms with Crippen LogP contribution in [0.25, 0.3) is 16.7 Å². The van der Waals surface area contributed by atoms with E-state index < -0.39 is 0 Å². The number of rotatable bonds is 9. The molecule has 160 valence electrons. The van der Waals surface area contributed by atoms with Gasteiger partial charge in [-0.15, -0.1) is 10.2 Å². The van der Waals surface area contributed by atoms with Gasteiger partial charge in [-0.25, -0.2) is 0 Å². The Morgan fingerprint density at radius 3 is 2.61 bits per heavy atom. The molecule has 0 amide bonds. The van der Waals surface area contributed by atoms with Crippen LogP contribution in [-0.2, 0) is 17.7 Å². The van der Waals surface area contributed by atoms with Gasteiger partial charge in [0.15, 0.2) is 10.9 Å². The minimum atomic E-state index is -0.102. The van der Waals surface area contributed by atoms with Gasteiger partial charge in [0.1, 0.15) is 0 Å². The molecule has 0 N–H and O–H groups in total. The van der Waals surface area contributed by atoms with Crippen molar-refractivity contribution in [2.45, 2.75) is 31.5 Å². The van der Waals surface area contributed by atoms with E-state index in [9.17, 15) is 9.59 Å². The number of carbonyl (C=O) groups is 1. The molecule has 0 radical (unpaired) electrons. The largest absolute Gasteiger partial charge is 0.385 e. The molecule has 4 aromatic rings. The molecular formula is C23H24N4O3S. The van der Waals surface area contributed by atoms with Crippen molar-refractivity contribution in [2.24, 2.45) is 0 Å². The fraction of sp³-hybridized carbons (Fsp3) is 0.304. The maximum Gasteiger partial charge on any atom is 0.262 e. The SMILES string of the molecule is CCc1ccc(C(=O)CSc2nnc3n(CCCOC)c(=O)c4ccccc4n23)cc1. The Labute approximate surface area is 184 Å². The molecule has 0 aliphatic heterocycles. The van der Waals surface area contributed by atoms with Gasteiger partial charge in [-0.1, -0.05) is 55.1 Å². The quantitative estimate of drug-likeness (QED) is 0.227. The van der Waals surface area contributed by atoms with Crippen molar-refractivity contribution in [1.29, 1.82) is 0 Å². The first-order chi connectivity index (χ1) is 15.1. The number of hydrogen-bond acceptors (Lipinski definition) is 6. The van der Waals surface area contributed by atoms with Gasteiger partial charge in [0.2, 0.25) is 5.78 Å². The van der Waals surface area contributed by atoms with Crippen LogP contribution in [-0.4, -0.2) is 44.4 Å². The predicted molar refractivity (Wildman–Crippen MR) is 122 cm³/mol. The number of methoxy groups -OCH3 is 1. The summed E-state index contributed by atoms with van der Waals surface area (Å²) in [5.41, 5.74) is 2.51. The van der Waals surface area contributed by atoms with Crippen LogP contribution in [0, 0.1) is 0 Å². The van der Waals surface area contributed by atoms with Crippen LogP contribution in [0.15, 0.2) is 58.5 Å². The number of thioether (sulfide) groups is 1. The van der Waals surface area contributed by atoms with Crippen LogP contribution in [0.3, 0.4) is 0 Å². The summed E-state index contributed by atoms with van der Waals surface area (Å²) in [5.74, 6) is 0.743. The summed E-state index contributed by atoms with van der Waals surface area (Å²) in [7, 11) is 1.64. The smallest absolute Gasteiger partial charge is 0.262 e. The number of para-hydroxylation sites is 1. The molecule has 0 aliphatic carbocycles. The lowest BCUT2D eigenvalue weighted by Crippen LogP contribution is -2.24. The van der Waals surface area contributed by atoms with Crippen molar-refractivity contribution >= 4 is 34.2 Å². The van der Waals surface area contributed by atoms with E-state index in [1.807, 2.05) is 46.9 Å². The highest BCUT2D eigenvalue weighted by atomic mass is 32.2. The van der Waals surface area contributed by atoms with Crippen molar-refractivity contribution in [3.8, 4) is 0 Å². The van der Waals surface area contributed by atoms with E-state index in [0.29, 0.717) is 41.5 Å². The van der Waals surface area contributed by atoms with Gasteiger partial charge in [0.05, 0.1) is 16.7 Å². The highest BCUT2D eigenvalue weighted by Gasteiger charge is 2.17. The van der Waals surface area contributed by atoms with Crippen LogP contribution >= 0.6 is 11.8 Å². The third kappa shape index (κ3) is 4.26. The zero-order chi connectivity index (χ0) is 21.8. The van der Waals surface area contributed by atoms with Crippen molar-refractivity contribution in [1.82, 2.24) is 19.2 Å². The van der Waals surface area contributed by atoms with E-state index >= 15 is 0 Å². The van der Waals surface area contributed by atoms with Gasteiger partial charge in [-0.2, -0.15) is 0 Å². The lowest BCUT2D eigenvalue weighted by molar-refractivity contribution is 0.102. The second-order valence-electron chi connectivity index (χ2n) is 7.20. The summed E-state index contributed by atoms with van der Waals surface area (Å²) in [6, 6.07) is 15.1. The molecule has 0 saturated heterocycles. The van der Waals surface area contributed by atoms with Crippen molar-refractivity contribution in [2.75, 3.05) is 19.5 Å². The monoisotopic (exact) mass is 436 g/mol. The third-order valence-corrected chi connectivity index (χ3v) is 6.15. The van der Waals surface area contributed by atoms with Crippen LogP contribution in [0.4, 0.5) is 0 Å². The molecule has 8 heteroatoms. The average molecular weight is 437 g/mol. The summed E-state index contributed by atoms with van der Waals surface area (Å²) < 4.78 is 8.62. The molecule has 2 aromatic heterocycles. The third-order valence-electron chi connectivity index (χ3n) is 5.22. The molecule has 31 heavy (non-hydrogen) atoms. The van der Waals surface area contributed by atoms with Gasteiger partial charge >= 0.3 is 0 Å². The number of nitrogens with zero attached hydrogens (tertiary/aromatic N) is 4. The molecule has 4 rings (SSSR count). The topological polar surface area (TPSA) is 78.5 Å². The minimum absolute atomic E-state index is 0.0297. The standard InChI is InChI=1S/C23H24N4O3S/c1-3-16-9-11-17(12-10-16)20(28)15-31-23-25-24-22-26(13-6-14-30-2)21(29)18-7-4-5-8-19(18)27(22)23/h4-5,7-12H,3,6,13-15H2,1-2H3. The van der Waals surface area contributed by atoms with Crippen LogP contribution in [0.5, 0.6) is 0 Å². The van der Waals surface area contributed by atoms with E-state index in [-0.39, 0.29) is 17.1 Å². The fourth-order valence-electron chi connectivity index (χ4n) is 3.54. The van der Waals surface area contributed by atoms with E-state index in [0.717, 1.165) is 11.9 Å².